The summed E-state index contributed by atoms with van der Waals surface area (Å²) in [5.74, 6) is 0. The molecule has 0 fully saturated rings. The van der Waals surface area contributed by atoms with Crippen LogP contribution in [0.1, 0.15) is 0 Å². The van der Waals surface area contributed by atoms with Gasteiger partial charge in [-0.15, -0.1) is 0 Å². The van der Waals surface area contributed by atoms with Gasteiger partial charge in [-0.3, -0.25) is 25.3 Å². The van der Waals surface area contributed by atoms with E-state index in [1.54, 1.807) is 0 Å². The van der Waals surface area contributed by atoms with E-state index >= 15 is 0 Å². The van der Waals surface area contributed by atoms with Crippen LogP contribution >= 0.6 is 0 Å². The maximum atomic E-state index is 12.0. The van der Waals surface area contributed by atoms with E-state index < -0.39 is 70.2 Å². The molecule has 0 unspecified atom stereocenters. The fourth-order valence-electron chi connectivity index (χ4n) is 4.22. The molecular formula is C28H20BiF9O6S3-. The Labute approximate surface area is 268 Å². The summed E-state index contributed by atoms with van der Waals surface area (Å²) in [6.45, 7) is 0. The zero-order chi connectivity index (χ0) is 35.5. The summed E-state index contributed by atoms with van der Waals surface area (Å²) in [5.41, 5.74) is -21.2. The van der Waals surface area contributed by atoms with Gasteiger partial charge in [-0.25, -0.2) is 0 Å². The molecule has 19 heteroatoms. The van der Waals surface area contributed by atoms with Gasteiger partial charge in [0.2, 0.25) is 0 Å². The van der Waals surface area contributed by atoms with Crippen molar-refractivity contribution in [3.63, 3.8) is 0 Å². The Morgan fingerprint density at radius 2 is 0.532 bits per heavy atom. The van der Waals surface area contributed by atoms with Crippen LogP contribution in [0.2, 0.25) is 0 Å². The number of halogens is 9. The summed E-state index contributed by atoms with van der Waals surface area (Å²) in [7, 11) is -24.1. The van der Waals surface area contributed by atoms with Gasteiger partial charge in [0.25, 0.3) is 0 Å². The molecule has 0 aromatic heterocycles. The van der Waals surface area contributed by atoms with E-state index in [9.17, 15) is 64.8 Å². The Kier molecular flexibility index (Phi) is 11.3. The van der Waals surface area contributed by atoms with Crippen LogP contribution in [-0.4, -0.2) is 62.0 Å². The molecule has 0 aliphatic rings. The van der Waals surface area contributed by atoms with E-state index in [1.165, 1.54) is 13.1 Å². The Hall–Kier alpha value is -3.02. The Morgan fingerprint density at radius 1 is 0.362 bits per heavy atom. The molecule has 0 atom stereocenters. The van der Waals surface area contributed by atoms with E-state index in [0.717, 1.165) is 0 Å². The molecular weight excluding hydrogens is 908 g/mol. The van der Waals surface area contributed by atoms with Crippen LogP contribution in [0.15, 0.2) is 121 Å². The Balaban J connectivity index is 0.000000259. The maximum absolute atomic E-state index is 12.0. The van der Waals surface area contributed by atoms with Crippen LogP contribution in [0.5, 0.6) is 0 Å². The summed E-state index contributed by atoms with van der Waals surface area (Å²) in [6, 6.07) is 44.5. The number of hydrogen-bond acceptors (Lipinski definition) is 6. The second-order valence-electron chi connectivity index (χ2n) is 9.11. The molecule has 0 saturated carbocycles. The van der Waals surface area contributed by atoms with E-state index in [1.807, 2.05) is 0 Å². The Morgan fingerprint density at radius 3 is 0.681 bits per heavy atom. The van der Waals surface area contributed by atoms with Gasteiger partial charge in [0.1, 0.15) is 0 Å². The quantitative estimate of drug-likeness (QED) is 0.156. The standard InChI is InChI=1S/4C6H5.C4F9O6S3.Bi/c4*1-2-4-6-5-3-1;5-2(6,7)20(14,15)1(21(16,17)3(8,9)10)22(18,19)4(11,12)13;/h4*1-5H;;/q;;;;-1;. The predicted octanol–water partition coefficient (Wildman–Crippen LogP) is 4.30. The third-order valence-electron chi connectivity index (χ3n) is 6.15. The summed E-state index contributed by atoms with van der Waals surface area (Å²) < 4.78 is 173. The van der Waals surface area contributed by atoms with Gasteiger partial charge in [-0.2, -0.15) is 39.5 Å². The second-order valence-corrected chi connectivity index (χ2v) is 28.8. The van der Waals surface area contributed by atoms with Crippen molar-refractivity contribution in [2.75, 3.05) is 0 Å². The average Bonchev–Trinajstić information content (AvgIpc) is 2.98. The number of sulfone groups is 3. The third-order valence-corrected chi connectivity index (χ3v) is 29.9. The first-order valence-electron chi connectivity index (χ1n) is 12.5. The van der Waals surface area contributed by atoms with Crippen LogP contribution in [0, 0.1) is 3.91 Å². The van der Waals surface area contributed by atoms with Crippen LogP contribution < -0.4 is 13.1 Å². The fraction of sp³-hybridized carbons (Fsp3) is 0.107. The zero-order valence-electron chi connectivity index (χ0n) is 23.1. The van der Waals surface area contributed by atoms with Crippen molar-refractivity contribution in [3.8, 4) is 0 Å². The first kappa shape index (κ1) is 38.4. The van der Waals surface area contributed by atoms with Gasteiger partial charge in [-0.05, 0) is 0 Å². The van der Waals surface area contributed by atoms with Crippen LogP contribution in [-0.2, 0) is 29.5 Å². The molecule has 0 heterocycles. The van der Waals surface area contributed by atoms with E-state index in [-0.39, 0.29) is 0 Å². The molecule has 0 saturated heterocycles. The van der Waals surface area contributed by atoms with Gasteiger partial charge < -0.3 is 0 Å². The molecule has 0 N–H and O–H groups in total. The minimum absolute atomic E-state index is 1.49. The zero-order valence-corrected chi connectivity index (χ0v) is 29.0. The van der Waals surface area contributed by atoms with Gasteiger partial charge in [-0.1, -0.05) is 0 Å². The Bertz CT molecular complexity index is 1700. The molecule has 0 amide bonds. The number of rotatable bonds is 7. The predicted molar refractivity (Wildman–Crippen MR) is 158 cm³/mol. The minimum atomic E-state index is -8.02. The average molecular weight is 929 g/mol. The van der Waals surface area contributed by atoms with E-state index in [2.05, 4.69) is 121 Å². The molecule has 4 aromatic carbocycles. The molecule has 1 radical (unpaired) electrons. The number of hydrogen-bond donors (Lipinski definition) is 0. The second kappa shape index (κ2) is 13.8. The van der Waals surface area contributed by atoms with Gasteiger partial charge in [0.15, 0.2) is 29.5 Å². The molecule has 0 spiro atoms. The normalized spacial score (nSPS) is 13.5. The fourth-order valence-corrected chi connectivity index (χ4v) is 26.5. The first-order valence-corrected chi connectivity index (χ1v) is 23.9. The molecule has 4 rings (SSSR count). The molecule has 6 nitrogen and oxygen atoms in total. The van der Waals surface area contributed by atoms with Gasteiger partial charge >= 0.3 is 171 Å². The number of alkyl halides is 9. The van der Waals surface area contributed by atoms with Crippen LogP contribution in [0.4, 0.5) is 39.5 Å². The van der Waals surface area contributed by atoms with Crippen molar-refractivity contribution in [1.29, 1.82) is 0 Å². The summed E-state index contributed by atoms with van der Waals surface area (Å²) in [4.78, 5) is 0. The van der Waals surface area contributed by atoms with Crippen molar-refractivity contribution < 1.29 is 64.8 Å². The van der Waals surface area contributed by atoms with Crippen molar-refractivity contribution in [1.82, 2.24) is 0 Å². The molecule has 0 bridgehead atoms. The summed E-state index contributed by atoms with van der Waals surface area (Å²) >= 11 is -3.38. The van der Waals surface area contributed by atoms with Crippen molar-refractivity contribution in [2.24, 2.45) is 0 Å². The first-order chi connectivity index (χ1) is 21.5. The van der Waals surface area contributed by atoms with Crippen molar-refractivity contribution in [3.05, 3.63) is 125 Å². The van der Waals surface area contributed by atoms with Gasteiger partial charge in [0, 0.05) is 0 Å². The van der Waals surface area contributed by atoms with Crippen molar-refractivity contribution >= 4 is 62.9 Å². The van der Waals surface area contributed by atoms with Crippen LogP contribution in [0.3, 0.4) is 0 Å². The van der Waals surface area contributed by atoms with Crippen LogP contribution in [0.25, 0.3) is 0 Å². The summed E-state index contributed by atoms with van der Waals surface area (Å²) in [5, 5.41) is 0. The molecule has 0 aliphatic carbocycles. The topological polar surface area (TPSA) is 102 Å². The molecule has 47 heavy (non-hydrogen) atoms. The van der Waals surface area contributed by atoms with E-state index in [0.29, 0.717) is 0 Å². The summed E-state index contributed by atoms with van der Waals surface area (Å²) in [6.07, 6.45) is 0. The SMILES string of the molecule is O=S(=O)([C-](S(=O)(=O)C(F)(F)F)S(=O)(=O)C(F)(F)F)C(F)(F)F.c1cc[c]([Bi]([c]2ccccc2)([c]2ccccc2)[c]2ccccc2)cc1. The van der Waals surface area contributed by atoms with Crippen molar-refractivity contribution in [2.45, 2.75) is 16.5 Å². The third kappa shape index (κ3) is 7.52. The molecule has 0 aliphatic heterocycles. The van der Waals surface area contributed by atoms with E-state index in [4.69, 9.17) is 0 Å². The van der Waals surface area contributed by atoms with Gasteiger partial charge in [0.05, 0.1) is 3.91 Å². The number of benzene rings is 4. The molecule has 255 valence electrons. The monoisotopic (exact) mass is 928 g/mol. The molecule has 4 aromatic rings.